The molecule has 108 valence electrons. The van der Waals surface area contributed by atoms with Crippen molar-refractivity contribution in [1.82, 2.24) is 15.1 Å². The van der Waals surface area contributed by atoms with E-state index in [1.165, 1.54) is 0 Å². The number of ether oxygens (including phenoxy) is 1. The second kappa shape index (κ2) is 7.00. The summed E-state index contributed by atoms with van der Waals surface area (Å²) in [7, 11) is 0. The van der Waals surface area contributed by atoms with E-state index >= 15 is 0 Å². The smallest absolute Gasteiger partial charge is 0.387 e. The highest BCUT2D eigenvalue weighted by atomic mass is 19.3. The van der Waals surface area contributed by atoms with Gasteiger partial charge >= 0.3 is 6.61 Å². The standard InChI is InChI=1S/C14H17F2N3O/c1-11(10-19-8-4-7-18-19)17-9-12-5-2-3-6-13(12)20-14(15)16/h2-8,11,14,17H,9-10H2,1H3. The summed E-state index contributed by atoms with van der Waals surface area (Å²) in [5.74, 6) is 0.210. The Labute approximate surface area is 116 Å². The molecule has 1 unspecified atom stereocenters. The van der Waals surface area contributed by atoms with Gasteiger partial charge in [0.25, 0.3) is 0 Å². The topological polar surface area (TPSA) is 39.1 Å². The molecule has 0 radical (unpaired) electrons. The Kier molecular flexibility index (Phi) is 5.06. The lowest BCUT2D eigenvalue weighted by molar-refractivity contribution is -0.0505. The molecule has 1 N–H and O–H groups in total. The number of alkyl halides is 2. The van der Waals surface area contributed by atoms with Crippen molar-refractivity contribution >= 4 is 0 Å². The van der Waals surface area contributed by atoms with Crippen molar-refractivity contribution in [3.8, 4) is 5.75 Å². The van der Waals surface area contributed by atoms with Gasteiger partial charge in [0.05, 0.1) is 6.54 Å². The molecule has 0 aliphatic rings. The molecule has 0 bridgehead atoms. The molecule has 0 amide bonds. The van der Waals surface area contributed by atoms with Crippen molar-refractivity contribution in [2.45, 2.75) is 32.7 Å². The Bertz CT molecular complexity index is 517. The van der Waals surface area contributed by atoms with E-state index in [2.05, 4.69) is 15.2 Å². The molecule has 1 atom stereocenters. The number of benzene rings is 1. The predicted molar refractivity (Wildman–Crippen MR) is 71.6 cm³/mol. The summed E-state index contributed by atoms with van der Waals surface area (Å²) in [6.45, 7) is 0.381. The highest BCUT2D eigenvalue weighted by Gasteiger charge is 2.10. The van der Waals surface area contributed by atoms with Crippen LogP contribution in [-0.4, -0.2) is 22.4 Å². The average molecular weight is 281 g/mol. The van der Waals surface area contributed by atoms with Crippen molar-refractivity contribution in [2.75, 3.05) is 0 Å². The third-order valence-electron chi connectivity index (χ3n) is 2.85. The minimum atomic E-state index is -2.81. The Morgan fingerprint density at radius 3 is 2.80 bits per heavy atom. The van der Waals surface area contributed by atoms with Crippen LogP contribution in [0.2, 0.25) is 0 Å². The molecule has 0 fully saturated rings. The van der Waals surface area contributed by atoms with E-state index in [4.69, 9.17) is 0 Å². The summed E-state index contributed by atoms with van der Waals surface area (Å²) < 4.78 is 30.9. The van der Waals surface area contributed by atoms with Crippen LogP contribution in [-0.2, 0) is 13.1 Å². The fraction of sp³-hybridized carbons (Fsp3) is 0.357. The molecule has 1 heterocycles. The summed E-state index contributed by atoms with van der Waals surface area (Å²) in [4.78, 5) is 0. The van der Waals surface area contributed by atoms with Gasteiger partial charge in [-0.15, -0.1) is 0 Å². The zero-order valence-corrected chi connectivity index (χ0v) is 11.2. The van der Waals surface area contributed by atoms with Crippen molar-refractivity contribution < 1.29 is 13.5 Å². The molecule has 0 aliphatic heterocycles. The number of nitrogens with one attached hydrogen (secondary N) is 1. The number of halogens is 2. The maximum Gasteiger partial charge on any atom is 0.387 e. The molecule has 1 aromatic carbocycles. The third kappa shape index (κ3) is 4.31. The Morgan fingerprint density at radius 1 is 1.30 bits per heavy atom. The molecule has 20 heavy (non-hydrogen) atoms. The minimum absolute atomic E-state index is 0.162. The van der Waals surface area contributed by atoms with Crippen LogP contribution in [0.5, 0.6) is 5.75 Å². The molecule has 4 nitrogen and oxygen atoms in total. The quantitative estimate of drug-likeness (QED) is 0.848. The van der Waals surface area contributed by atoms with Crippen LogP contribution in [0.25, 0.3) is 0 Å². The number of nitrogens with zero attached hydrogens (tertiary/aromatic N) is 2. The third-order valence-corrected chi connectivity index (χ3v) is 2.85. The Balaban J connectivity index is 1.90. The molecule has 2 rings (SSSR count). The highest BCUT2D eigenvalue weighted by molar-refractivity contribution is 5.33. The number of rotatable bonds is 7. The van der Waals surface area contributed by atoms with Gasteiger partial charge in [-0.25, -0.2) is 0 Å². The summed E-state index contributed by atoms with van der Waals surface area (Å²) in [5, 5.41) is 7.39. The summed E-state index contributed by atoms with van der Waals surface area (Å²) in [5.41, 5.74) is 0.708. The monoisotopic (exact) mass is 281 g/mol. The van der Waals surface area contributed by atoms with Crippen LogP contribution >= 0.6 is 0 Å². The van der Waals surface area contributed by atoms with Crippen molar-refractivity contribution in [3.05, 3.63) is 48.3 Å². The first-order valence-electron chi connectivity index (χ1n) is 6.38. The molecular weight excluding hydrogens is 264 g/mol. The molecule has 0 aliphatic carbocycles. The maximum absolute atomic E-state index is 12.3. The van der Waals surface area contributed by atoms with Crippen LogP contribution < -0.4 is 10.1 Å². The summed E-state index contributed by atoms with van der Waals surface area (Å²) in [6.07, 6.45) is 3.60. The molecule has 0 saturated heterocycles. The lowest BCUT2D eigenvalue weighted by atomic mass is 10.2. The summed E-state index contributed by atoms with van der Waals surface area (Å²) in [6, 6.07) is 8.81. The number of hydrogen-bond acceptors (Lipinski definition) is 3. The zero-order valence-electron chi connectivity index (χ0n) is 11.2. The van der Waals surface area contributed by atoms with Gasteiger partial charge < -0.3 is 10.1 Å². The Morgan fingerprint density at radius 2 is 2.10 bits per heavy atom. The van der Waals surface area contributed by atoms with Gasteiger partial charge in [-0.1, -0.05) is 18.2 Å². The first-order valence-corrected chi connectivity index (χ1v) is 6.38. The molecule has 6 heteroatoms. The summed E-state index contributed by atoms with van der Waals surface area (Å²) >= 11 is 0. The molecular formula is C14H17F2N3O. The lowest BCUT2D eigenvalue weighted by Crippen LogP contribution is -2.30. The molecule has 2 aromatic rings. The molecule has 0 saturated carbocycles. The number of aromatic nitrogens is 2. The van der Waals surface area contributed by atoms with E-state index in [0.29, 0.717) is 18.7 Å². The number of para-hydroxylation sites is 1. The fourth-order valence-electron chi connectivity index (χ4n) is 1.90. The van der Waals surface area contributed by atoms with E-state index in [1.807, 2.05) is 23.9 Å². The van der Waals surface area contributed by atoms with E-state index in [0.717, 1.165) is 0 Å². The second-order valence-corrected chi connectivity index (χ2v) is 4.50. The first kappa shape index (κ1) is 14.5. The van der Waals surface area contributed by atoms with E-state index < -0.39 is 6.61 Å². The predicted octanol–water partition coefficient (Wildman–Crippen LogP) is 2.66. The van der Waals surface area contributed by atoms with Crippen molar-refractivity contribution in [2.24, 2.45) is 0 Å². The van der Waals surface area contributed by atoms with Crippen LogP contribution in [0.1, 0.15) is 12.5 Å². The van der Waals surface area contributed by atoms with E-state index in [9.17, 15) is 8.78 Å². The average Bonchev–Trinajstić information content (AvgIpc) is 2.90. The van der Waals surface area contributed by atoms with Gasteiger partial charge in [0.15, 0.2) is 0 Å². The van der Waals surface area contributed by atoms with Crippen molar-refractivity contribution in [1.29, 1.82) is 0 Å². The van der Waals surface area contributed by atoms with Crippen molar-refractivity contribution in [3.63, 3.8) is 0 Å². The first-order chi connectivity index (χ1) is 9.65. The maximum atomic E-state index is 12.3. The molecule has 0 spiro atoms. The van der Waals surface area contributed by atoms with E-state index in [-0.39, 0.29) is 11.8 Å². The van der Waals surface area contributed by atoms with Gasteiger partial charge in [-0.3, -0.25) is 4.68 Å². The largest absolute Gasteiger partial charge is 0.434 e. The van der Waals surface area contributed by atoms with Gasteiger partial charge in [0.1, 0.15) is 5.75 Å². The number of hydrogen-bond donors (Lipinski definition) is 1. The van der Waals surface area contributed by atoms with E-state index in [1.54, 1.807) is 30.5 Å². The lowest BCUT2D eigenvalue weighted by Gasteiger charge is -2.16. The van der Waals surface area contributed by atoms with Gasteiger partial charge in [-0.05, 0) is 19.1 Å². The van der Waals surface area contributed by atoms with Gasteiger partial charge in [-0.2, -0.15) is 13.9 Å². The van der Waals surface area contributed by atoms with Gasteiger partial charge in [0.2, 0.25) is 0 Å². The second-order valence-electron chi connectivity index (χ2n) is 4.50. The van der Waals surface area contributed by atoms with Crippen LogP contribution in [0.15, 0.2) is 42.7 Å². The minimum Gasteiger partial charge on any atom is -0.434 e. The van der Waals surface area contributed by atoms with Crippen LogP contribution in [0.4, 0.5) is 8.78 Å². The van der Waals surface area contributed by atoms with Gasteiger partial charge in [0, 0.05) is 30.5 Å². The fourth-order valence-corrected chi connectivity index (χ4v) is 1.90. The normalized spacial score (nSPS) is 12.6. The zero-order chi connectivity index (χ0) is 14.4. The van der Waals surface area contributed by atoms with Crippen LogP contribution in [0, 0.1) is 0 Å². The molecule has 1 aromatic heterocycles. The van der Waals surface area contributed by atoms with Crippen LogP contribution in [0.3, 0.4) is 0 Å². The SMILES string of the molecule is CC(Cn1cccn1)NCc1ccccc1OC(F)F. The Hall–Kier alpha value is -1.95. The highest BCUT2D eigenvalue weighted by Crippen LogP contribution is 2.20.